The van der Waals surface area contributed by atoms with Gasteiger partial charge in [0.05, 0.1) is 0 Å². The molecular formula is C9H12N2O3. The molecule has 14 heavy (non-hydrogen) atoms. The van der Waals surface area contributed by atoms with Crippen molar-refractivity contribution < 1.29 is 14.7 Å². The van der Waals surface area contributed by atoms with Crippen LogP contribution in [-0.2, 0) is 4.79 Å². The van der Waals surface area contributed by atoms with Crippen LogP contribution in [-0.4, -0.2) is 28.0 Å². The first-order valence-electron chi connectivity index (χ1n) is 4.32. The van der Waals surface area contributed by atoms with Gasteiger partial charge in [0, 0.05) is 6.20 Å². The van der Waals surface area contributed by atoms with Crippen LogP contribution in [0.25, 0.3) is 0 Å². The first-order valence-corrected chi connectivity index (χ1v) is 4.32. The summed E-state index contributed by atoms with van der Waals surface area (Å²) in [6.45, 7) is 1.70. The fraction of sp³-hybridized carbons (Fsp3) is 0.333. The summed E-state index contributed by atoms with van der Waals surface area (Å²) in [5.74, 6) is -1.42. The number of rotatable bonds is 4. The molecular weight excluding hydrogens is 184 g/mol. The number of nitrogens with one attached hydrogen (secondary N) is 2. The Kier molecular flexibility index (Phi) is 3.28. The smallest absolute Gasteiger partial charge is 0.326 e. The molecule has 0 aliphatic heterocycles. The minimum Gasteiger partial charge on any atom is -0.480 e. The number of carboxylic acid groups (broad SMARTS) is 1. The van der Waals surface area contributed by atoms with Crippen molar-refractivity contribution in [1.82, 2.24) is 10.3 Å². The average molecular weight is 196 g/mol. The zero-order valence-corrected chi connectivity index (χ0v) is 7.78. The Hall–Kier alpha value is -1.78. The Morgan fingerprint density at radius 1 is 1.64 bits per heavy atom. The summed E-state index contributed by atoms with van der Waals surface area (Å²) in [6.07, 6.45) is 1.97. The van der Waals surface area contributed by atoms with E-state index in [-0.39, 0.29) is 0 Å². The summed E-state index contributed by atoms with van der Waals surface area (Å²) >= 11 is 0. The summed E-state index contributed by atoms with van der Waals surface area (Å²) in [4.78, 5) is 24.7. The number of aromatic amines is 1. The summed E-state index contributed by atoms with van der Waals surface area (Å²) in [5.41, 5.74) is 0.365. The number of aromatic nitrogens is 1. The number of carbonyl (C=O) groups excluding carboxylic acids is 1. The van der Waals surface area contributed by atoms with E-state index >= 15 is 0 Å². The van der Waals surface area contributed by atoms with Gasteiger partial charge in [0.15, 0.2) is 0 Å². The van der Waals surface area contributed by atoms with Gasteiger partial charge in [0.1, 0.15) is 11.7 Å². The molecule has 76 valence electrons. The minimum atomic E-state index is -1.02. The van der Waals surface area contributed by atoms with Gasteiger partial charge in [-0.3, -0.25) is 4.79 Å². The van der Waals surface area contributed by atoms with Gasteiger partial charge < -0.3 is 15.4 Å². The number of carbonyl (C=O) groups is 2. The molecule has 3 N–H and O–H groups in total. The largest absolute Gasteiger partial charge is 0.480 e. The van der Waals surface area contributed by atoms with Gasteiger partial charge in [0.25, 0.3) is 5.91 Å². The van der Waals surface area contributed by atoms with E-state index in [9.17, 15) is 9.59 Å². The first kappa shape index (κ1) is 10.3. The Morgan fingerprint density at radius 3 is 2.79 bits per heavy atom. The number of amides is 1. The third-order valence-corrected chi connectivity index (χ3v) is 1.85. The van der Waals surface area contributed by atoms with Gasteiger partial charge in [-0.25, -0.2) is 4.79 Å². The van der Waals surface area contributed by atoms with Crippen molar-refractivity contribution >= 4 is 11.9 Å². The van der Waals surface area contributed by atoms with Gasteiger partial charge in [-0.05, 0) is 18.6 Å². The minimum absolute atomic E-state index is 0.363. The highest BCUT2D eigenvalue weighted by atomic mass is 16.4. The van der Waals surface area contributed by atoms with Crippen LogP contribution in [0.1, 0.15) is 23.8 Å². The lowest BCUT2D eigenvalue weighted by Gasteiger charge is -2.10. The van der Waals surface area contributed by atoms with Crippen molar-refractivity contribution in [1.29, 1.82) is 0 Å². The maximum atomic E-state index is 11.4. The van der Waals surface area contributed by atoms with Crippen molar-refractivity contribution in [3.05, 3.63) is 24.0 Å². The number of hydrogen-bond acceptors (Lipinski definition) is 2. The molecule has 0 aliphatic rings. The molecule has 5 nitrogen and oxygen atoms in total. The lowest BCUT2D eigenvalue weighted by atomic mass is 10.2. The number of H-pyrrole nitrogens is 1. The van der Waals surface area contributed by atoms with E-state index < -0.39 is 17.9 Å². The molecule has 1 aromatic heterocycles. The van der Waals surface area contributed by atoms with Crippen LogP contribution in [0.2, 0.25) is 0 Å². The second kappa shape index (κ2) is 4.45. The second-order valence-corrected chi connectivity index (χ2v) is 2.86. The number of hydrogen-bond donors (Lipinski definition) is 3. The normalized spacial score (nSPS) is 12.1. The SMILES string of the molecule is CC[C@H](NC(=O)c1ccc[nH]1)C(=O)O. The molecule has 0 saturated carbocycles. The van der Waals surface area contributed by atoms with E-state index in [4.69, 9.17) is 5.11 Å². The highest BCUT2D eigenvalue weighted by Gasteiger charge is 2.18. The van der Waals surface area contributed by atoms with Crippen molar-refractivity contribution in [3.63, 3.8) is 0 Å². The molecule has 5 heteroatoms. The third-order valence-electron chi connectivity index (χ3n) is 1.85. The van der Waals surface area contributed by atoms with Crippen molar-refractivity contribution in [2.75, 3.05) is 0 Å². The molecule has 1 heterocycles. The Labute approximate surface area is 81.1 Å². The second-order valence-electron chi connectivity index (χ2n) is 2.86. The summed E-state index contributed by atoms with van der Waals surface area (Å²) in [7, 11) is 0. The lowest BCUT2D eigenvalue weighted by Crippen LogP contribution is -2.40. The highest BCUT2D eigenvalue weighted by Crippen LogP contribution is 1.97. The third kappa shape index (κ3) is 2.35. The summed E-state index contributed by atoms with van der Waals surface area (Å²) in [6, 6.07) is 2.44. The van der Waals surface area contributed by atoms with E-state index in [1.807, 2.05) is 0 Å². The number of carboxylic acids is 1. The summed E-state index contributed by atoms with van der Waals surface area (Å²) < 4.78 is 0. The monoisotopic (exact) mass is 196 g/mol. The quantitative estimate of drug-likeness (QED) is 0.659. The van der Waals surface area contributed by atoms with Crippen molar-refractivity contribution in [3.8, 4) is 0 Å². The van der Waals surface area contributed by atoms with Crippen LogP contribution in [0.15, 0.2) is 18.3 Å². The highest BCUT2D eigenvalue weighted by molar-refractivity contribution is 5.94. The zero-order valence-electron chi connectivity index (χ0n) is 7.78. The zero-order chi connectivity index (χ0) is 10.6. The molecule has 1 aromatic rings. The molecule has 0 radical (unpaired) electrons. The number of aliphatic carboxylic acids is 1. The molecule has 1 rings (SSSR count). The molecule has 0 saturated heterocycles. The maximum Gasteiger partial charge on any atom is 0.326 e. The van der Waals surface area contributed by atoms with Crippen molar-refractivity contribution in [2.45, 2.75) is 19.4 Å². The van der Waals surface area contributed by atoms with Crippen LogP contribution in [0.5, 0.6) is 0 Å². The van der Waals surface area contributed by atoms with E-state index in [1.165, 1.54) is 0 Å². The van der Waals surface area contributed by atoms with E-state index in [0.717, 1.165) is 0 Å². The van der Waals surface area contributed by atoms with Crippen molar-refractivity contribution in [2.24, 2.45) is 0 Å². The van der Waals surface area contributed by atoms with Crippen LogP contribution in [0.3, 0.4) is 0 Å². The fourth-order valence-corrected chi connectivity index (χ4v) is 1.05. The molecule has 0 fully saturated rings. The van der Waals surface area contributed by atoms with Crippen LogP contribution < -0.4 is 5.32 Å². The van der Waals surface area contributed by atoms with E-state index in [0.29, 0.717) is 12.1 Å². The lowest BCUT2D eigenvalue weighted by molar-refractivity contribution is -0.139. The molecule has 0 spiro atoms. The molecule has 1 amide bonds. The van der Waals surface area contributed by atoms with Gasteiger partial charge in [-0.1, -0.05) is 6.92 Å². The maximum absolute atomic E-state index is 11.4. The standard InChI is InChI=1S/C9H12N2O3/c1-2-6(9(13)14)11-8(12)7-4-3-5-10-7/h3-6,10H,2H2,1H3,(H,11,12)(H,13,14)/t6-/m0/s1. The fourth-order valence-electron chi connectivity index (χ4n) is 1.05. The molecule has 1 atom stereocenters. The van der Waals surface area contributed by atoms with Gasteiger partial charge in [-0.2, -0.15) is 0 Å². The van der Waals surface area contributed by atoms with Gasteiger partial charge >= 0.3 is 5.97 Å². The molecule has 0 aromatic carbocycles. The average Bonchev–Trinajstić information content (AvgIpc) is 2.65. The van der Waals surface area contributed by atoms with Gasteiger partial charge in [-0.15, -0.1) is 0 Å². The van der Waals surface area contributed by atoms with Crippen LogP contribution >= 0.6 is 0 Å². The predicted octanol–water partition coefficient (Wildman–Crippen LogP) is 0.608. The van der Waals surface area contributed by atoms with Gasteiger partial charge in [0.2, 0.25) is 0 Å². The Balaban J connectivity index is 2.60. The van der Waals surface area contributed by atoms with Crippen LogP contribution in [0.4, 0.5) is 0 Å². The molecule has 0 bridgehead atoms. The topological polar surface area (TPSA) is 82.2 Å². The van der Waals surface area contributed by atoms with E-state index in [1.54, 1.807) is 25.3 Å². The molecule has 0 unspecified atom stereocenters. The summed E-state index contributed by atoms with van der Waals surface area (Å²) in [5, 5.41) is 11.1. The van der Waals surface area contributed by atoms with E-state index in [2.05, 4.69) is 10.3 Å². The first-order chi connectivity index (χ1) is 6.65. The Bertz CT molecular complexity index is 319. The predicted molar refractivity (Wildman–Crippen MR) is 50.0 cm³/mol. The van der Waals surface area contributed by atoms with Crippen LogP contribution in [0, 0.1) is 0 Å². The molecule has 0 aliphatic carbocycles. The Morgan fingerprint density at radius 2 is 2.36 bits per heavy atom.